The predicted octanol–water partition coefficient (Wildman–Crippen LogP) is 5.34. The first-order valence-electron chi connectivity index (χ1n) is 8.87. The van der Waals surface area contributed by atoms with E-state index < -0.39 is 0 Å². The molecule has 0 fully saturated rings. The van der Waals surface area contributed by atoms with Crippen molar-refractivity contribution in [2.75, 3.05) is 6.79 Å². The highest BCUT2D eigenvalue weighted by Crippen LogP contribution is 2.37. The molecule has 0 spiro atoms. The van der Waals surface area contributed by atoms with Gasteiger partial charge in [0.1, 0.15) is 5.01 Å². The van der Waals surface area contributed by atoms with Crippen LogP contribution in [-0.4, -0.2) is 26.5 Å². The lowest BCUT2D eigenvalue weighted by Crippen LogP contribution is -2.00. The first-order chi connectivity index (χ1) is 14.3. The Morgan fingerprint density at radius 3 is 2.97 bits per heavy atom. The third-order valence-electron chi connectivity index (χ3n) is 4.29. The Labute approximate surface area is 179 Å². The number of rotatable bonds is 7. The highest BCUT2D eigenvalue weighted by atomic mass is 32.2. The van der Waals surface area contributed by atoms with E-state index in [1.807, 2.05) is 35.7 Å². The number of aromatic nitrogens is 4. The van der Waals surface area contributed by atoms with E-state index in [4.69, 9.17) is 14.5 Å². The van der Waals surface area contributed by atoms with Crippen LogP contribution < -0.4 is 9.47 Å². The van der Waals surface area contributed by atoms with Crippen LogP contribution >= 0.6 is 34.4 Å². The SMILES string of the molecule is C=CCn1c(SCc2csc(-c3ccc4c(c3)OCO4)n2)nnc1-c1cccs1. The summed E-state index contributed by atoms with van der Waals surface area (Å²) in [4.78, 5) is 5.88. The van der Waals surface area contributed by atoms with Gasteiger partial charge >= 0.3 is 0 Å². The van der Waals surface area contributed by atoms with E-state index in [9.17, 15) is 0 Å². The van der Waals surface area contributed by atoms with Crippen LogP contribution in [0.25, 0.3) is 21.3 Å². The first kappa shape index (κ1) is 18.4. The molecule has 29 heavy (non-hydrogen) atoms. The molecular weight excluding hydrogens is 424 g/mol. The lowest BCUT2D eigenvalue weighted by Gasteiger charge is -2.05. The minimum absolute atomic E-state index is 0.275. The molecule has 4 aromatic rings. The van der Waals surface area contributed by atoms with Crippen LogP contribution in [0, 0.1) is 0 Å². The first-order valence-corrected chi connectivity index (χ1v) is 11.6. The van der Waals surface area contributed by atoms with Crippen LogP contribution in [-0.2, 0) is 12.3 Å². The second-order valence-electron chi connectivity index (χ2n) is 6.18. The highest BCUT2D eigenvalue weighted by Gasteiger charge is 2.17. The van der Waals surface area contributed by atoms with E-state index in [2.05, 4.69) is 32.8 Å². The second-order valence-corrected chi connectivity index (χ2v) is 8.93. The fourth-order valence-corrected chi connectivity index (χ4v) is 5.43. The van der Waals surface area contributed by atoms with Crippen molar-refractivity contribution in [2.45, 2.75) is 17.5 Å². The molecule has 0 aliphatic carbocycles. The zero-order valence-corrected chi connectivity index (χ0v) is 17.7. The molecule has 1 aliphatic rings. The van der Waals surface area contributed by atoms with Gasteiger partial charge in [-0.2, -0.15) is 0 Å². The van der Waals surface area contributed by atoms with Gasteiger partial charge in [0.2, 0.25) is 6.79 Å². The van der Waals surface area contributed by atoms with Gasteiger partial charge in [-0.1, -0.05) is 23.9 Å². The molecule has 5 rings (SSSR count). The summed E-state index contributed by atoms with van der Waals surface area (Å²) < 4.78 is 12.9. The molecule has 0 unspecified atom stereocenters. The van der Waals surface area contributed by atoms with E-state index in [-0.39, 0.29) is 6.79 Å². The summed E-state index contributed by atoms with van der Waals surface area (Å²) in [5, 5.41) is 14.7. The molecule has 4 heterocycles. The van der Waals surface area contributed by atoms with Gasteiger partial charge in [0, 0.05) is 23.2 Å². The maximum Gasteiger partial charge on any atom is 0.231 e. The standard InChI is InChI=1S/C20H16N4O2S3/c1-2-7-24-18(17-4-3-8-27-17)22-23-20(24)29-11-14-10-28-19(21-14)13-5-6-15-16(9-13)26-12-25-15/h2-6,8-10H,1,7,11-12H2. The topological polar surface area (TPSA) is 62.1 Å². The van der Waals surface area contributed by atoms with Crippen LogP contribution in [0.15, 0.2) is 58.9 Å². The number of thiazole rings is 1. The van der Waals surface area contributed by atoms with Crippen molar-refractivity contribution >= 4 is 34.4 Å². The molecule has 0 radical (unpaired) electrons. The van der Waals surface area contributed by atoms with Gasteiger partial charge in [0.25, 0.3) is 0 Å². The smallest absolute Gasteiger partial charge is 0.231 e. The van der Waals surface area contributed by atoms with Gasteiger partial charge in [-0.15, -0.1) is 39.4 Å². The van der Waals surface area contributed by atoms with Crippen LogP contribution in [0.2, 0.25) is 0 Å². The number of benzene rings is 1. The number of fused-ring (bicyclic) bond motifs is 1. The Kier molecular flexibility index (Phi) is 5.09. The Morgan fingerprint density at radius 2 is 2.10 bits per heavy atom. The predicted molar refractivity (Wildman–Crippen MR) is 117 cm³/mol. The number of hydrogen-bond acceptors (Lipinski definition) is 8. The summed E-state index contributed by atoms with van der Waals surface area (Å²) >= 11 is 4.91. The fraction of sp³-hybridized carbons (Fsp3) is 0.150. The Bertz CT molecular complexity index is 1150. The summed E-state index contributed by atoms with van der Waals surface area (Å²) in [6, 6.07) is 9.99. The van der Waals surface area contributed by atoms with Gasteiger partial charge in [-0.3, -0.25) is 4.57 Å². The van der Waals surface area contributed by atoms with Crippen LogP contribution in [0.5, 0.6) is 11.5 Å². The van der Waals surface area contributed by atoms with Gasteiger partial charge in [0.05, 0.1) is 10.6 Å². The average Bonchev–Trinajstić information content (AvgIpc) is 3.53. The van der Waals surface area contributed by atoms with Gasteiger partial charge in [-0.25, -0.2) is 4.98 Å². The Morgan fingerprint density at radius 1 is 1.17 bits per heavy atom. The highest BCUT2D eigenvalue weighted by molar-refractivity contribution is 7.98. The van der Waals surface area contributed by atoms with Crippen LogP contribution in [0.1, 0.15) is 5.69 Å². The summed E-state index contributed by atoms with van der Waals surface area (Å²) in [5.74, 6) is 3.15. The molecule has 146 valence electrons. The molecule has 0 N–H and O–H groups in total. The van der Waals surface area contributed by atoms with Crippen molar-refractivity contribution in [1.29, 1.82) is 0 Å². The molecule has 3 aromatic heterocycles. The van der Waals surface area contributed by atoms with Crippen molar-refractivity contribution in [3.8, 4) is 32.8 Å². The third-order valence-corrected chi connectivity index (χ3v) is 7.10. The minimum atomic E-state index is 0.275. The zero-order chi connectivity index (χ0) is 19.6. The number of ether oxygens (including phenoxy) is 2. The van der Waals surface area contributed by atoms with Gasteiger partial charge < -0.3 is 9.47 Å². The summed E-state index contributed by atoms with van der Waals surface area (Å²) in [7, 11) is 0. The quantitative estimate of drug-likeness (QED) is 0.286. The third kappa shape index (κ3) is 3.68. The number of hydrogen-bond donors (Lipinski definition) is 0. The molecule has 0 saturated carbocycles. The maximum atomic E-state index is 5.47. The number of nitrogens with zero attached hydrogens (tertiary/aromatic N) is 4. The number of thiophene rings is 1. The summed E-state index contributed by atoms with van der Waals surface area (Å²) in [5.41, 5.74) is 2.05. The summed E-state index contributed by atoms with van der Waals surface area (Å²) in [6.07, 6.45) is 1.87. The van der Waals surface area contributed by atoms with Gasteiger partial charge in [0.15, 0.2) is 22.5 Å². The maximum absolute atomic E-state index is 5.47. The summed E-state index contributed by atoms with van der Waals surface area (Å²) in [6.45, 7) is 4.81. The minimum Gasteiger partial charge on any atom is -0.454 e. The molecule has 0 bridgehead atoms. The molecule has 0 amide bonds. The molecule has 9 heteroatoms. The van der Waals surface area contributed by atoms with E-state index in [1.54, 1.807) is 34.4 Å². The second kappa shape index (κ2) is 8.02. The van der Waals surface area contributed by atoms with Crippen LogP contribution in [0.3, 0.4) is 0 Å². The van der Waals surface area contributed by atoms with Crippen molar-refractivity contribution in [3.63, 3.8) is 0 Å². The fourth-order valence-electron chi connectivity index (χ4n) is 2.95. The molecule has 1 aromatic carbocycles. The Hall–Kier alpha value is -2.62. The lowest BCUT2D eigenvalue weighted by atomic mass is 10.2. The van der Waals surface area contributed by atoms with Crippen molar-refractivity contribution in [2.24, 2.45) is 0 Å². The lowest BCUT2D eigenvalue weighted by molar-refractivity contribution is 0.174. The monoisotopic (exact) mass is 440 g/mol. The van der Waals surface area contributed by atoms with E-state index in [1.165, 1.54) is 0 Å². The van der Waals surface area contributed by atoms with Crippen molar-refractivity contribution in [3.05, 3.63) is 59.4 Å². The molecule has 1 aliphatic heterocycles. The molecular formula is C20H16N4O2S3. The number of allylic oxidation sites excluding steroid dienone is 1. The molecule has 6 nitrogen and oxygen atoms in total. The number of thioether (sulfide) groups is 1. The van der Waals surface area contributed by atoms with Crippen LogP contribution in [0.4, 0.5) is 0 Å². The van der Waals surface area contributed by atoms with Crippen molar-refractivity contribution in [1.82, 2.24) is 19.7 Å². The zero-order valence-electron chi connectivity index (χ0n) is 15.3. The van der Waals surface area contributed by atoms with E-state index in [0.29, 0.717) is 6.54 Å². The average molecular weight is 441 g/mol. The van der Waals surface area contributed by atoms with E-state index >= 15 is 0 Å². The molecule has 0 atom stereocenters. The Balaban J connectivity index is 1.33. The van der Waals surface area contributed by atoms with Crippen molar-refractivity contribution < 1.29 is 9.47 Å². The van der Waals surface area contributed by atoms with Gasteiger partial charge in [-0.05, 0) is 29.6 Å². The largest absolute Gasteiger partial charge is 0.454 e. The van der Waals surface area contributed by atoms with E-state index in [0.717, 1.165) is 49.4 Å². The molecule has 0 saturated heterocycles. The normalized spacial score (nSPS) is 12.4.